The van der Waals surface area contributed by atoms with Gasteiger partial charge in [0.1, 0.15) is 5.78 Å². The van der Waals surface area contributed by atoms with Crippen molar-refractivity contribution in [3.8, 4) is 0 Å². The van der Waals surface area contributed by atoms with Crippen LogP contribution in [0.4, 0.5) is 0 Å². The van der Waals surface area contributed by atoms with E-state index in [1.807, 2.05) is 0 Å². The van der Waals surface area contributed by atoms with Gasteiger partial charge in [-0.2, -0.15) is 0 Å². The normalized spacial score (nSPS) is 36.2. The summed E-state index contributed by atoms with van der Waals surface area (Å²) in [6.07, 6.45) is 3.00. The lowest BCUT2D eigenvalue weighted by molar-refractivity contribution is -0.123. The monoisotopic (exact) mass is 252 g/mol. The molecule has 1 heteroatoms. The van der Waals surface area contributed by atoms with Crippen molar-refractivity contribution >= 4 is 5.78 Å². The van der Waals surface area contributed by atoms with Crippen LogP contribution >= 0.6 is 0 Å². The number of Topliss-reactive ketones (excluding diaryl/α,β-unsaturated/α-hetero) is 1. The van der Waals surface area contributed by atoms with E-state index in [0.29, 0.717) is 5.78 Å². The van der Waals surface area contributed by atoms with Gasteiger partial charge in [0, 0.05) is 12.3 Å². The lowest BCUT2D eigenvalue weighted by Gasteiger charge is -2.53. The summed E-state index contributed by atoms with van der Waals surface area (Å²) in [5.74, 6) is 0.667. The van der Waals surface area contributed by atoms with E-state index in [4.69, 9.17) is 0 Å². The highest BCUT2D eigenvalue weighted by Gasteiger charge is 2.61. The Morgan fingerprint density at radius 2 is 1.72 bits per heavy atom. The van der Waals surface area contributed by atoms with Crippen molar-refractivity contribution in [1.29, 1.82) is 0 Å². The molecule has 1 rings (SSSR count). The van der Waals surface area contributed by atoms with Gasteiger partial charge < -0.3 is 0 Å². The van der Waals surface area contributed by atoms with E-state index in [0.717, 1.165) is 19.3 Å². The molecule has 3 atom stereocenters. The van der Waals surface area contributed by atoms with E-state index < -0.39 is 0 Å². The molecule has 106 valence electrons. The number of rotatable bonds is 3. The molecule has 0 aromatic heterocycles. The topological polar surface area (TPSA) is 17.1 Å². The molecule has 0 saturated heterocycles. The van der Waals surface area contributed by atoms with Gasteiger partial charge >= 0.3 is 0 Å². The molecule has 1 aliphatic rings. The Balaban J connectivity index is 0.00000137. The van der Waals surface area contributed by atoms with Gasteiger partial charge in [0.15, 0.2) is 0 Å². The largest absolute Gasteiger partial charge is 0.299 e. The van der Waals surface area contributed by atoms with Crippen LogP contribution in [-0.4, -0.2) is 5.78 Å². The first-order valence-electron chi connectivity index (χ1n) is 7.19. The number of carbonyl (C=O) groups excluding carboxylic acids is 1. The molecule has 1 saturated carbocycles. The molecule has 18 heavy (non-hydrogen) atoms. The first-order valence-corrected chi connectivity index (χ1v) is 7.19. The van der Waals surface area contributed by atoms with E-state index in [1.54, 1.807) is 0 Å². The third kappa shape index (κ3) is 2.17. The van der Waals surface area contributed by atoms with Crippen molar-refractivity contribution in [1.82, 2.24) is 0 Å². The molecule has 0 radical (unpaired) electrons. The molecule has 0 heterocycles. The molecule has 1 nitrogen and oxygen atoms in total. The summed E-state index contributed by atoms with van der Waals surface area (Å²) in [5.41, 5.74) is 0.521. The molecule has 1 unspecified atom stereocenters. The minimum absolute atomic E-state index is 0.126. The summed E-state index contributed by atoms with van der Waals surface area (Å²) in [5, 5.41) is 0. The molecule has 0 aliphatic heterocycles. The van der Waals surface area contributed by atoms with E-state index in [9.17, 15) is 4.79 Å². The van der Waals surface area contributed by atoms with Crippen molar-refractivity contribution in [2.24, 2.45) is 22.2 Å². The molecular formula is C17H32O. The number of hydrogen-bond acceptors (Lipinski definition) is 1. The molecule has 0 spiro atoms. The lowest BCUT2D eigenvalue weighted by Crippen LogP contribution is -2.47. The maximum Gasteiger partial charge on any atom is 0.136 e. The fourth-order valence-electron chi connectivity index (χ4n) is 3.83. The summed E-state index contributed by atoms with van der Waals surface area (Å²) >= 11 is 0. The van der Waals surface area contributed by atoms with Crippen molar-refractivity contribution < 1.29 is 4.79 Å². The SMILES string of the molecule is C=C.CCC(C)(C)[C@]1(C)C(C)C(=O)C[C@]1(C)CC. The van der Waals surface area contributed by atoms with Gasteiger partial charge in [0.25, 0.3) is 0 Å². The van der Waals surface area contributed by atoms with Crippen LogP contribution in [0, 0.1) is 22.2 Å². The molecule has 0 N–H and O–H groups in total. The fourth-order valence-corrected chi connectivity index (χ4v) is 3.83. The number of carbonyl (C=O) groups is 1. The van der Waals surface area contributed by atoms with E-state index in [-0.39, 0.29) is 22.2 Å². The smallest absolute Gasteiger partial charge is 0.136 e. The zero-order chi connectivity index (χ0) is 14.8. The van der Waals surface area contributed by atoms with Gasteiger partial charge in [-0.3, -0.25) is 4.79 Å². The van der Waals surface area contributed by atoms with E-state index in [1.165, 1.54) is 0 Å². The highest BCUT2D eigenvalue weighted by atomic mass is 16.1. The maximum absolute atomic E-state index is 12.1. The standard InChI is InChI=1S/C15H28O.C2H4/c1-8-13(4,5)15(7)11(3)12(16)10-14(15,6)9-2;1-2/h11H,8-10H2,1-7H3;1-2H2/t11?,14-,15-;/m0./s1. The Hall–Kier alpha value is -0.590. The van der Waals surface area contributed by atoms with Gasteiger partial charge in [-0.25, -0.2) is 0 Å². The van der Waals surface area contributed by atoms with Crippen LogP contribution in [0.2, 0.25) is 0 Å². The average Bonchev–Trinajstić information content (AvgIpc) is 2.55. The molecule has 0 aromatic rings. The Bertz CT molecular complexity index is 305. The Kier molecular flexibility index (Phi) is 5.40. The number of ketones is 1. The van der Waals surface area contributed by atoms with Crippen LogP contribution < -0.4 is 0 Å². The summed E-state index contributed by atoms with van der Waals surface area (Å²) in [7, 11) is 0. The van der Waals surface area contributed by atoms with Crippen LogP contribution in [0.25, 0.3) is 0 Å². The van der Waals surface area contributed by atoms with E-state index in [2.05, 4.69) is 61.6 Å². The van der Waals surface area contributed by atoms with Crippen molar-refractivity contribution in [2.75, 3.05) is 0 Å². The maximum atomic E-state index is 12.1. The van der Waals surface area contributed by atoms with Crippen molar-refractivity contribution in [2.45, 2.75) is 67.7 Å². The van der Waals surface area contributed by atoms with Crippen LogP contribution in [0.5, 0.6) is 0 Å². The zero-order valence-corrected chi connectivity index (χ0v) is 13.5. The van der Waals surface area contributed by atoms with Gasteiger partial charge in [-0.15, -0.1) is 13.2 Å². The lowest BCUT2D eigenvalue weighted by atomic mass is 9.51. The Morgan fingerprint density at radius 1 is 1.28 bits per heavy atom. The number of hydrogen-bond donors (Lipinski definition) is 0. The fraction of sp³-hybridized carbons (Fsp3) is 0.824. The summed E-state index contributed by atoms with van der Waals surface area (Å²) in [6, 6.07) is 0. The predicted octanol–water partition coefficient (Wildman–Crippen LogP) is 5.26. The van der Waals surface area contributed by atoms with E-state index >= 15 is 0 Å². The van der Waals surface area contributed by atoms with Gasteiger partial charge in [0.2, 0.25) is 0 Å². The second-order valence-electron chi connectivity index (χ2n) is 6.72. The Labute approximate surface area is 114 Å². The van der Waals surface area contributed by atoms with Crippen molar-refractivity contribution in [3.63, 3.8) is 0 Å². The predicted molar refractivity (Wildman–Crippen MR) is 80.6 cm³/mol. The first kappa shape index (κ1) is 17.4. The van der Waals surface area contributed by atoms with Crippen LogP contribution in [0.15, 0.2) is 13.2 Å². The third-order valence-corrected chi connectivity index (χ3v) is 6.24. The summed E-state index contributed by atoms with van der Waals surface area (Å²) in [6.45, 7) is 21.9. The molecule has 0 aromatic carbocycles. The summed E-state index contributed by atoms with van der Waals surface area (Å²) in [4.78, 5) is 12.1. The van der Waals surface area contributed by atoms with Crippen molar-refractivity contribution in [3.05, 3.63) is 13.2 Å². The van der Waals surface area contributed by atoms with Gasteiger partial charge in [0.05, 0.1) is 0 Å². The quantitative estimate of drug-likeness (QED) is 0.626. The second-order valence-corrected chi connectivity index (χ2v) is 6.72. The van der Waals surface area contributed by atoms with Crippen LogP contribution in [-0.2, 0) is 4.79 Å². The summed E-state index contributed by atoms with van der Waals surface area (Å²) < 4.78 is 0. The molecule has 1 fully saturated rings. The zero-order valence-electron chi connectivity index (χ0n) is 13.5. The molecular weight excluding hydrogens is 220 g/mol. The minimum atomic E-state index is 0.126. The van der Waals surface area contributed by atoms with Crippen LogP contribution in [0.3, 0.4) is 0 Å². The molecule has 0 amide bonds. The third-order valence-electron chi connectivity index (χ3n) is 6.24. The highest BCUT2D eigenvalue weighted by molar-refractivity contribution is 5.85. The second kappa shape index (κ2) is 5.59. The average molecular weight is 252 g/mol. The van der Waals surface area contributed by atoms with Gasteiger partial charge in [-0.05, 0) is 22.7 Å². The Morgan fingerprint density at radius 3 is 2.06 bits per heavy atom. The molecule has 1 aliphatic carbocycles. The molecule has 0 bridgehead atoms. The highest BCUT2D eigenvalue weighted by Crippen LogP contribution is 2.64. The van der Waals surface area contributed by atoms with Crippen LogP contribution in [0.1, 0.15) is 67.7 Å². The minimum Gasteiger partial charge on any atom is -0.299 e. The first-order chi connectivity index (χ1) is 8.16. The van der Waals surface area contributed by atoms with Gasteiger partial charge in [-0.1, -0.05) is 54.9 Å².